The average molecular weight is 381 g/mol. The number of nitriles is 1. The zero-order valence-corrected chi connectivity index (χ0v) is 15.7. The van der Waals surface area contributed by atoms with Crippen LogP contribution in [0.3, 0.4) is 0 Å². The van der Waals surface area contributed by atoms with Crippen LogP contribution in [0.15, 0.2) is 30.3 Å². The molecule has 28 heavy (non-hydrogen) atoms. The second-order valence-electron chi connectivity index (χ2n) is 6.75. The number of nitrogens with zero attached hydrogens (tertiary/aromatic N) is 3. The minimum Gasteiger partial charge on any atom is -0.451 e. The summed E-state index contributed by atoms with van der Waals surface area (Å²) >= 11 is 0. The van der Waals surface area contributed by atoms with Crippen LogP contribution in [0.4, 0.5) is 14.9 Å². The molecule has 0 spiro atoms. The Morgan fingerprint density at radius 2 is 2.07 bits per heavy atom. The van der Waals surface area contributed by atoms with E-state index in [1.807, 2.05) is 23.1 Å². The van der Waals surface area contributed by atoms with E-state index in [4.69, 9.17) is 9.47 Å². The number of halogens is 1. The van der Waals surface area contributed by atoms with Crippen LogP contribution >= 0.6 is 0 Å². The van der Waals surface area contributed by atoms with E-state index in [-0.39, 0.29) is 23.6 Å². The Morgan fingerprint density at radius 1 is 1.36 bits per heavy atom. The number of carbonyl (C=O) groups is 1. The van der Waals surface area contributed by atoms with E-state index < -0.39 is 18.3 Å². The molecule has 1 unspecified atom stereocenters. The maximum Gasteiger partial charge on any atom is 0.418 e. The summed E-state index contributed by atoms with van der Waals surface area (Å²) in [7, 11) is 0. The quantitative estimate of drug-likeness (QED) is 0.804. The molecule has 2 aliphatic heterocycles. The average Bonchev–Trinajstić information content (AvgIpc) is 3.02. The SMILES string of the molecule is CCOC(=O)N1c2c(C#N)c(C)c(-c3ccccc3)c(F)c2OC1N1CCC1. The minimum atomic E-state index is -0.810. The molecular formula is C21H20FN3O3. The summed E-state index contributed by atoms with van der Waals surface area (Å²) in [6, 6.07) is 11.2. The number of hydrogen-bond acceptors (Lipinski definition) is 5. The monoisotopic (exact) mass is 381 g/mol. The fraction of sp³-hybridized carbons (Fsp3) is 0.333. The van der Waals surface area contributed by atoms with Gasteiger partial charge in [-0.3, -0.25) is 0 Å². The summed E-state index contributed by atoms with van der Waals surface area (Å²) in [6.45, 7) is 5.00. The molecule has 1 atom stereocenters. The molecule has 1 amide bonds. The predicted octanol–water partition coefficient (Wildman–Crippen LogP) is 4.02. The van der Waals surface area contributed by atoms with Crippen LogP contribution in [-0.4, -0.2) is 37.0 Å². The van der Waals surface area contributed by atoms with Crippen molar-refractivity contribution in [2.75, 3.05) is 24.6 Å². The van der Waals surface area contributed by atoms with Gasteiger partial charge in [0.05, 0.1) is 12.2 Å². The summed E-state index contributed by atoms with van der Waals surface area (Å²) in [4.78, 5) is 15.9. The lowest BCUT2D eigenvalue weighted by molar-refractivity contribution is -0.00589. The van der Waals surface area contributed by atoms with E-state index in [2.05, 4.69) is 6.07 Å². The number of anilines is 1. The highest BCUT2D eigenvalue weighted by molar-refractivity contribution is 5.96. The second-order valence-corrected chi connectivity index (χ2v) is 6.75. The number of hydrogen-bond donors (Lipinski definition) is 0. The van der Waals surface area contributed by atoms with Gasteiger partial charge in [-0.05, 0) is 31.4 Å². The van der Waals surface area contributed by atoms with Crippen molar-refractivity contribution in [2.45, 2.75) is 26.6 Å². The van der Waals surface area contributed by atoms with Crippen LogP contribution in [0.25, 0.3) is 11.1 Å². The van der Waals surface area contributed by atoms with Crippen LogP contribution in [0.1, 0.15) is 24.5 Å². The third-order valence-electron chi connectivity index (χ3n) is 5.15. The normalized spacial score (nSPS) is 18.1. The number of carbonyl (C=O) groups excluding carboxylic acids is 1. The van der Waals surface area contributed by atoms with Crippen LogP contribution in [-0.2, 0) is 4.74 Å². The molecule has 6 nitrogen and oxygen atoms in total. The smallest absolute Gasteiger partial charge is 0.418 e. The summed E-state index contributed by atoms with van der Waals surface area (Å²) in [5, 5.41) is 9.85. The first-order valence-electron chi connectivity index (χ1n) is 9.26. The molecule has 4 rings (SSSR count). The van der Waals surface area contributed by atoms with E-state index in [9.17, 15) is 10.1 Å². The number of benzene rings is 2. The maximum atomic E-state index is 15.6. The van der Waals surface area contributed by atoms with E-state index >= 15 is 4.39 Å². The first-order chi connectivity index (χ1) is 13.6. The topological polar surface area (TPSA) is 65.8 Å². The molecule has 0 radical (unpaired) electrons. The van der Waals surface area contributed by atoms with Crippen LogP contribution in [0, 0.1) is 24.1 Å². The molecule has 0 aliphatic carbocycles. The Kier molecular flexibility index (Phi) is 4.65. The molecule has 0 N–H and O–H groups in total. The molecule has 2 aliphatic rings. The molecular weight excluding hydrogens is 361 g/mol. The lowest BCUT2D eigenvalue weighted by Gasteiger charge is -2.38. The van der Waals surface area contributed by atoms with E-state index in [1.165, 1.54) is 4.90 Å². The highest BCUT2D eigenvalue weighted by Gasteiger charge is 2.46. The van der Waals surface area contributed by atoms with E-state index in [1.54, 1.807) is 26.0 Å². The first-order valence-corrected chi connectivity index (χ1v) is 9.26. The summed E-state index contributed by atoms with van der Waals surface area (Å²) in [5.74, 6) is -0.652. The standard InChI is InChI=1S/C21H20FN3O3/c1-3-27-21(26)25-18-15(12-23)13(2)16(14-8-5-4-6-9-14)17(22)19(18)28-20(25)24-10-7-11-24/h4-6,8-9,20H,3,7,10-11H2,1-2H3. The maximum absolute atomic E-state index is 15.6. The molecule has 1 saturated heterocycles. The Morgan fingerprint density at radius 3 is 2.64 bits per heavy atom. The van der Waals surface area contributed by atoms with Crippen molar-refractivity contribution in [1.82, 2.24) is 4.90 Å². The van der Waals surface area contributed by atoms with E-state index in [0.29, 0.717) is 16.7 Å². The second kappa shape index (κ2) is 7.13. The Balaban J connectivity index is 1.93. The Hall–Kier alpha value is -3.11. The van der Waals surface area contributed by atoms with Gasteiger partial charge in [0.2, 0.25) is 6.35 Å². The molecule has 2 heterocycles. The van der Waals surface area contributed by atoms with Gasteiger partial charge in [0.1, 0.15) is 11.8 Å². The molecule has 0 saturated carbocycles. The van der Waals surface area contributed by atoms with Gasteiger partial charge in [-0.15, -0.1) is 0 Å². The summed E-state index contributed by atoms with van der Waals surface area (Å²) in [5.41, 5.74) is 1.78. The summed E-state index contributed by atoms with van der Waals surface area (Å²) < 4.78 is 26.7. The van der Waals surface area contributed by atoms with Crippen molar-refractivity contribution in [3.63, 3.8) is 0 Å². The highest BCUT2D eigenvalue weighted by Crippen LogP contribution is 2.49. The fourth-order valence-corrected chi connectivity index (χ4v) is 3.66. The lowest BCUT2D eigenvalue weighted by Crippen LogP contribution is -2.56. The molecule has 144 valence electrons. The number of likely N-dealkylation sites (tertiary alicyclic amines) is 1. The molecule has 1 fully saturated rings. The fourth-order valence-electron chi connectivity index (χ4n) is 3.66. The minimum absolute atomic E-state index is 0.0778. The third-order valence-corrected chi connectivity index (χ3v) is 5.15. The lowest BCUT2D eigenvalue weighted by atomic mass is 9.94. The van der Waals surface area contributed by atoms with Crippen LogP contribution in [0.5, 0.6) is 5.75 Å². The molecule has 0 bridgehead atoms. The zero-order chi connectivity index (χ0) is 19.8. The van der Waals surface area contributed by atoms with Crippen molar-refractivity contribution in [3.8, 4) is 22.9 Å². The largest absolute Gasteiger partial charge is 0.451 e. The van der Waals surface area contributed by atoms with Crippen molar-refractivity contribution in [3.05, 3.63) is 47.3 Å². The van der Waals surface area contributed by atoms with E-state index in [0.717, 1.165) is 19.5 Å². The van der Waals surface area contributed by atoms with Crippen molar-refractivity contribution >= 4 is 11.8 Å². The third kappa shape index (κ3) is 2.69. The number of rotatable bonds is 3. The Labute approximate surface area is 162 Å². The molecule has 7 heteroatoms. The van der Waals surface area contributed by atoms with Crippen molar-refractivity contribution in [2.24, 2.45) is 0 Å². The van der Waals surface area contributed by atoms with Gasteiger partial charge < -0.3 is 9.47 Å². The zero-order valence-electron chi connectivity index (χ0n) is 15.7. The first kappa shape index (κ1) is 18.3. The predicted molar refractivity (Wildman–Crippen MR) is 101 cm³/mol. The molecule has 2 aromatic carbocycles. The van der Waals surface area contributed by atoms with Gasteiger partial charge >= 0.3 is 6.09 Å². The van der Waals surface area contributed by atoms with Crippen molar-refractivity contribution in [1.29, 1.82) is 5.26 Å². The number of ether oxygens (including phenoxy) is 2. The van der Waals surface area contributed by atoms with Gasteiger partial charge in [0.25, 0.3) is 0 Å². The van der Waals surface area contributed by atoms with Crippen molar-refractivity contribution < 1.29 is 18.7 Å². The van der Waals surface area contributed by atoms with Gasteiger partial charge in [-0.25, -0.2) is 19.0 Å². The van der Waals surface area contributed by atoms with Gasteiger partial charge in [0.15, 0.2) is 11.6 Å². The summed E-state index contributed by atoms with van der Waals surface area (Å²) in [6.07, 6.45) is -0.495. The number of amides is 1. The number of fused-ring (bicyclic) bond motifs is 1. The molecule has 2 aromatic rings. The van der Waals surface area contributed by atoms with Crippen LogP contribution in [0.2, 0.25) is 0 Å². The highest BCUT2D eigenvalue weighted by atomic mass is 19.1. The van der Waals surface area contributed by atoms with Gasteiger partial charge in [-0.1, -0.05) is 30.3 Å². The van der Waals surface area contributed by atoms with Gasteiger partial charge in [-0.2, -0.15) is 5.26 Å². The Bertz CT molecular complexity index is 967. The van der Waals surface area contributed by atoms with Gasteiger partial charge in [0, 0.05) is 18.7 Å². The molecule has 0 aromatic heterocycles. The van der Waals surface area contributed by atoms with Crippen LogP contribution < -0.4 is 9.64 Å².